The monoisotopic (exact) mass is 410 g/mol. The molecule has 1 aromatic heterocycles. The molecule has 150 valence electrons. The molecule has 0 saturated carbocycles. The molecule has 1 aliphatic heterocycles. The molecule has 7 heteroatoms. The van der Waals surface area contributed by atoms with Crippen molar-refractivity contribution < 1.29 is 9.21 Å². The maximum absolute atomic E-state index is 12.7. The number of aromatic nitrogens is 1. The Bertz CT molecular complexity index is 981. The molecule has 1 aliphatic rings. The van der Waals surface area contributed by atoms with Crippen molar-refractivity contribution in [1.82, 2.24) is 9.88 Å². The van der Waals surface area contributed by atoms with Crippen molar-refractivity contribution in [3.8, 4) is 11.5 Å². The topological polar surface area (TPSA) is 61.6 Å². The minimum Gasteiger partial charge on any atom is -0.444 e. The van der Waals surface area contributed by atoms with Crippen molar-refractivity contribution in [2.24, 2.45) is 0 Å². The molecule has 4 rings (SSSR count). The number of likely N-dealkylation sites (N-methyl/N-ethyl adjacent to an activating group) is 1. The number of hydrogen-bond donors (Lipinski definition) is 1. The first kappa shape index (κ1) is 19.5. The average Bonchev–Trinajstić information content (AvgIpc) is 3.18. The Morgan fingerprint density at radius 3 is 2.66 bits per heavy atom. The molecule has 0 radical (unpaired) electrons. The lowest BCUT2D eigenvalue weighted by atomic mass is 10.2. The zero-order chi connectivity index (χ0) is 20.2. The molecule has 6 nitrogen and oxygen atoms in total. The lowest BCUT2D eigenvalue weighted by Gasteiger charge is -2.35. The first-order valence-corrected chi connectivity index (χ1v) is 9.99. The normalized spacial score (nSPS) is 14.8. The number of oxazole rings is 1. The lowest BCUT2D eigenvalue weighted by molar-refractivity contribution is -0.115. The minimum atomic E-state index is -0.157. The fourth-order valence-electron chi connectivity index (χ4n) is 3.39. The quantitative estimate of drug-likeness (QED) is 0.690. The predicted molar refractivity (Wildman–Crippen MR) is 115 cm³/mol. The van der Waals surface area contributed by atoms with Gasteiger partial charge in [0.05, 0.1) is 23.5 Å². The Kier molecular flexibility index (Phi) is 5.83. The van der Waals surface area contributed by atoms with Gasteiger partial charge in [-0.2, -0.15) is 0 Å². The fourth-order valence-corrected chi connectivity index (χ4v) is 3.56. The van der Waals surface area contributed by atoms with Gasteiger partial charge in [0.25, 0.3) is 0 Å². The summed E-state index contributed by atoms with van der Waals surface area (Å²) < 4.78 is 5.52. The number of nitrogens with one attached hydrogen (secondary N) is 1. The van der Waals surface area contributed by atoms with Crippen LogP contribution < -0.4 is 10.2 Å². The highest BCUT2D eigenvalue weighted by Crippen LogP contribution is 2.30. The predicted octanol–water partition coefficient (Wildman–Crippen LogP) is 3.93. The summed E-state index contributed by atoms with van der Waals surface area (Å²) in [6, 6.07) is 15.2. The molecule has 3 aromatic rings. The number of carbonyl (C=O) groups excluding carboxylic acids is 1. The van der Waals surface area contributed by atoms with Crippen molar-refractivity contribution in [2.75, 3.05) is 43.4 Å². The molecule has 29 heavy (non-hydrogen) atoms. The van der Waals surface area contributed by atoms with Gasteiger partial charge in [0.2, 0.25) is 11.8 Å². The molecule has 1 saturated heterocycles. The molecular weight excluding hydrogens is 388 g/mol. The van der Waals surface area contributed by atoms with E-state index in [1.54, 1.807) is 6.07 Å². The third kappa shape index (κ3) is 4.78. The van der Waals surface area contributed by atoms with Crippen molar-refractivity contribution >= 4 is 28.9 Å². The van der Waals surface area contributed by atoms with E-state index >= 15 is 0 Å². The van der Waals surface area contributed by atoms with Crippen molar-refractivity contribution in [1.29, 1.82) is 0 Å². The molecule has 1 amide bonds. The van der Waals surface area contributed by atoms with Crippen molar-refractivity contribution in [3.05, 3.63) is 65.5 Å². The van der Waals surface area contributed by atoms with Crippen LogP contribution in [0, 0.1) is 0 Å². The summed E-state index contributed by atoms with van der Waals surface area (Å²) in [7, 11) is 2.11. The molecule has 0 unspecified atom stereocenters. The standard InChI is InChI=1S/C22H23ClN4O2/c1-26-9-11-27(12-10-26)20-8-7-17(23)13-19(20)25-21(28)14-18-15-29-22(24-18)16-5-3-2-4-6-16/h2-8,13,15H,9-12,14H2,1H3,(H,25,28). The number of nitrogens with zero attached hydrogens (tertiary/aromatic N) is 3. The molecule has 1 N–H and O–H groups in total. The highest BCUT2D eigenvalue weighted by Gasteiger charge is 2.19. The second-order valence-electron chi connectivity index (χ2n) is 7.19. The molecule has 2 heterocycles. The highest BCUT2D eigenvalue weighted by atomic mass is 35.5. The molecule has 2 aromatic carbocycles. The largest absolute Gasteiger partial charge is 0.444 e. The van der Waals surface area contributed by atoms with E-state index in [-0.39, 0.29) is 12.3 Å². The summed E-state index contributed by atoms with van der Waals surface area (Å²) in [6.45, 7) is 3.78. The van der Waals surface area contributed by atoms with Crippen molar-refractivity contribution in [2.45, 2.75) is 6.42 Å². The molecular formula is C22H23ClN4O2. The zero-order valence-electron chi connectivity index (χ0n) is 16.3. The summed E-state index contributed by atoms with van der Waals surface area (Å²) in [5.74, 6) is 0.352. The number of carbonyl (C=O) groups is 1. The molecule has 0 atom stereocenters. The Labute approximate surface area is 175 Å². The first-order valence-electron chi connectivity index (χ1n) is 9.61. The summed E-state index contributed by atoms with van der Waals surface area (Å²) >= 11 is 6.19. The minimum absolute atomic E-state index is 0.130. The Hall–Kier alpha value is -2.83. The van der Waals surface area contributed by atoms with E-state index in [0.717, 1.165) is 43.1 Å². The average molecular weight is 411 g/mol. The van der Waals surface area contributed by atoms with Crippen LogP contribution >= 0.6 is 11.6 Å². The second kappa shape index (κ2) is 8.68. The second-order valence-corrected chi connectivity index (χ2v) is 7.62. The maximum Gasteiger partial charge on any atom is 0.230 e. The van der Waals surface area contributed by atoms with Gasteiger partial charge in [-0.15, -0.1) is 0 Å². The number of anilines is 2. The van der Waals surface area contributed by atoms with Gasteiger partial charge < -0.3 is 19.5 Å². The third-order valence-corrected chi connectivity index (χ3v) is 5.23. The number of amides is 1. The highest BCUT2D eigenvalue weighted by molar-refractivity contribution is 6.31. The zero-order valence-corrected chi connectivity index (χ0v) is 17.0. The number of hydrogen-bond acceptors (Lipinski definition) is 5. The van der Waals surface area contributed by atoms with Gasteiger partial charge in [0, 0.05) is 36.8 Å². The van der Waals surface area contributed by atoms with Crippen LogP contribution in [-0.2, 0) is 11.2 Å². The summed E-state index contributed by atoms with van der Waals surface area (Å²) in [5.41, 5.74) is 3.18. The van der Waals surface area contributed by atoms with E-state index in [9.17, 15) is 4.79 Å². The van der Waals surface area contributed by atoms with Crippen LogP contribution in [-0.4, -0.2) is 49.0 Å². The van der Waals surface area contributed by atoms with E-state index in [4.69, 9.17) is 16.0 Å². The molecule has 0 aliphatic carbocycles. The van der Waals surface area contributed by atoms with Gasteiger partial charge in [-0.3, -0.25) is 4.79 Å². The van der Waals surface area contributed by atoms with E-state index in [1.807, 2.05) is 42.5 Å². The van der Waals surface area contributed by atoms with Gasteiger partial charge >= 0.3 is 0 Å². The fraction of sp³-hybridized carbons (Fsp3) is 0.273. The summed E-state index contributed by atoms with van der Waals surface area (Å²) in [6.07, 6.45) is 1.66. The van der Waals surface area contributed by atoms with Crippen LogP contribution in [0.5, 0.6) is 0 Å². The molecule has 0 spiro atoms. The lowest BCUT2D eigenvalue weighted by Crippen LogP contribution is -2.44. The smallest absolute Gasteiger partial charge is 0.230 e. The van der Waals surface area contributed by atoms with Gasteiger partial charge in [0.1, 0.15) is 6.26 Å². The van der Waals surface area contributed by atoms with E-state index in [2.05, 4.69) is 27.1 Å². The molecule has 0 bridgehead atoms. The number of halogens is 1. The summed E-state index contributed by atoms with van der Waals surface area (Å²) in [4.78, 5) is 21.7. The Balaban J connectivity index is 1.46. The molecule has 1 fully saturated rings. The summed E-state index contributed by atoms with van der Waals surface area (Å²) in [5, 5.41) is 3.59. The van der Waals surface area contributed by atoms with Crippen LogP contribution in [0.4, 0.5) is 11.4 Å². The maximum atomic E-state index is 12.7. The number of rotatable bonds is 5. The van der Waals surface area contributed by atoms with Crippen LogP contribution in [0.3, 0.4) is 0 Å². The van der Waals surface area contributed by atoms with E-state index in [0.29, 0.717) is 16.6 Å². The van der Waals surface area contributed by atoms with Gasteiger partial charge in [0.15, 0.2) is 0 Å². The number of benzene rings is 2. The SMILES string of the molecule is CN1CCN(c2ccc(Cl)cc2NC(=O)Cc2coc(-c3ccccc3)n2)CC1. The van der Waals surface area contributed by atoms with Crippen LogP contribution in [0.15, 0.2) is 59.2 Å². The van der Waals surface area contributed by atoms with E-state index in [1.165, 1.54) is 6.26 Å². The number of piperazine rings is 1. The van der Waals surface area contributed by atoms with Gasteiger partial charge in [-0.05, 0) is 37.4 Å². The van der Waals surface area contributed by atoms with Crippen molar-refractivity contribution in [3.63, 3.8) is 0 Å². The van der Waals surface area contributed by atoms with Gasteiger partial charge in [-0.1, -0.05) is 29.8 Å². The first-order chi connectivity index (χ1) is 14.1. The third-order valence-electron chi connectivity index (χ3n) is 4.99. The van der Waals surface area contributed by atoms with Crippen LogP contribution in [0.1, 0.15) is 5.69 Å². The van der Waals surface area contributed by atoms with Crippen LogP contribution in [0.25, 0.3) is 11.5 Å². The van der Waals surface area contributed by atoms with E-state index < -0.39 is 0 Å². The Morgan fingerprint density at radius 1 is 1.14 bits per heavy atom. The van der Waals surface area contributed by atoms with Gasteiger partial charge in [-0.25, -0.2) is 4.98 Å². The Morgan fingerprint density at radius 2 is 1.90 bits per heavy atom. The van der Waals surface area contributed by atoms with Crippen LogP contribution in [0.2, 0.25) is 5.02 Å².